The quantitative estimate of drug-likeness (QED) is 0.469. The van der Waals surface area contributed by atoms with Crippen molar-refractivity contribution in [3.63, 3.8) is 0 Å². The molecule has 0 aromatic heterocycles. The smallest absolute Gasteiger partial charge is 0.119 e. The third-order valence-corrected chi connectivity index (χ3v) is 7.07. The van der Waals surface area contributed by atoms with Gasteiger partial charge in [-0.15, -0.1) is 0 Å². The van der Waals surface area contributed by atoms with Crippen molar-refractivity contribution in [1.29, 1.82) is 0 Å². The summed E-state index contributed by atoms with van der Waals surface area (Å²) in [5.74, 6) is 1.07. The van der Waals surface area contributed by atoms with Crippen LogP contribution >= 0.6 is 0 Å². The van der Waals surface area contributed by atoms with Crippen LogP contribution in [-0.4, -0.2) is 41.4 Å². The van der Waals surface area contributed by atoms with Gasteiger partial charge in [0.15, 0.2) is 0 Å². The number of aromatic hydroxyl groups is 1. The summed E-state index contributed by atoms with van der Waals surface area (Å²) in [5.41, 5.74) is 6.14. The van der Waals surface area contributed by atoms with Crippen LogP contribution < -0.4 is 4.74 Å². The maximum absolute atomic E-state index is 11.6. The Labute approximate surface area is 202 Å². The number of aliphatic hydroxyl groups excluding tert-OH is 1. The van der Waals surface area contributed by atoms with E-state index in [0.29, 0.717) is 6.61 Å². The number of benzene rings is 3. The molecular weight excluding hydrogens is 422 g/mol. The number of likely N-dealkylation sites (tertiary alicyclic amines) is 1. The number of rotatable bonds is 7. The normalized spacial score (nSPS) is 17.3. The van der Waals surface area contributed by atoms with E-state index < -0.39 is 6.10 Å². The molecule has 4 heteroatoms. The molecule has 1 aliphatic carbocycles. The van der Waals surface area contributed by atoms with Gasteiger partial charge in [0.25, 0.3) is 0 Å². The van der Waals surface area contributed by atoms with Crippen molar-refractivity contribution < 1.29 is 14.9 Å². The largest absolute Gasteiger partial charge is 0.508 e. The van der Waals surface area contributed by atoms with Gasteiger partial charge in [-0.05, 0) is 96.4 Å². The van der Waals surface area contributed by atoms with E-state index in [1.807, 2.05) is 42.5 Å². The molecule has 0 bridgehead atoms. The molecule has 0 saturated carbocycles. The molecular formula is C30H33NO3. The molecule has 176 valence electrons. The molecule has 34 heavy (non-hydrogen) atoms. The summed E-state index contributed by atoms with van der Waals surface area (Å²) in [4.78, 5) is 2.47. The average molecular weight is 456 g/mol. The maximum Gasteiger partial charge on any atom is 0.119 e. The van der Waals surface area contributed by atoms with Crippen molar-refractivity contribution in [2.45, 2.75) is 38.2 Å². The summed E-state index contributed by atoms with van der Waals surface area (Å²) in [5, 5.41) is 21.6. The highest BCUT2D eigenvalue weighted by molar-refractivity contribution is 5.95. The van der Waals surface area contributed by atoms with Gasteiger partial charge in [-0.3, -0.25) is 4.90 Å². The predicted octanol–water partition coefficient (Wildman–Crippen LogP) is 5.85. The van der Waals surface area contributed by atoms with E-state index in [-0.39, 0.29) is 5.75 Å². The monoisotopic (exact) mass is 455 g/mol. The molecule has 1 unspecified atom stereocenters. The highest BCUT2D eigenvalue weighted by atomic mass is 16.5. The Hall–Kier alpha value is -3.08. The van der Waals surface area contributed by atoms with E-state index in [2.05, 4.69) is 23.1 Å². The zero-order valence-corrected chi connectivity index (χ0v) is 19.6. The van der Waals surface area contributed by atoms with E-state index in [9.17, 15) is 10.2 Å². The molecule has 5 rings (SSSR count). The van der Waals surface area contributed by atoms with Crippen molar-refractivity contribution >= 4 is 11.1 Å². The summed E-state index contributed by atoms with van der Waals surface area (Å²) < 4.78 is 5.99. The molecule has 2 aliphatic rings. The van der Waals surface area contributed by atoms with Crippen LogP contribution in [0.2, 0.25) is 0 Å². The molecule has 4 nitrogen and oxygen atoms in total. The number of piperidine rings is 1. The second kappa shape index (κ2) is 10.5. The van der Waals surface area contributed by atoms with Crippen LogP contribution in [0.1, 0.15) is 54.0 Å². The topological polar surface area (TPSA) is 52.9 Å². The lowest BCUT2D eigenvalue weighted by Gasteiger charge is -2.28. The number of ether oxygens (including phenoxy) is 1. The van der Waals surface area contributed by atoms with Crippen LogP contribution in [0, 0.1) is 0 Å². The van der Waals surface area contributed by atoms with E-state index in [0.717, 1.165) is 53.0 Å². The van der Waals surface area contributed by atoms with Gasteiger partial charge in [-0.25, -0.2) is 0 Å². The minimum atomic E-state index is -0.763. The fourth-order valence-electron chi connectivity index (χ4n) is 5.25. The van der Waals surface area contributed by atoms with Gasteiger partial charge in [0.05, 0.1) is 0 Å². The van der Waals surface area contributed by atoms with Crippen LogP contribution in [0.3, 0.4) is 0 Å². The number of allylic oxidation sites excluding steroid dienone is 1. The Bertz CT molecular complexity index is 1150. The number of phenols is 1. The molecule has 1 aliphatic heterocycles. The molecule has 3 aromatic rings. The number of aliphatic hydroxyl groups is 1. The fourth-order valence-corrected chi connectivity index (χ4v) is 5.25. The number of nitrogens with zero attached hydrogens (tertiary/aromatic N) is 1. The Morgan fingerprint density at radius 3 is 2.44 bits per heavy atom. The number of fused-ring (bicyclic) bond motifs is 1. The Morgan fingerprint density at radius 2 is 1.65 bits per heavy atom. The number of phenolic OH excluding ortho intramolecular Hbond substituents is 1. The first-order valence-corrected chi connectivity index (χ1v) is 12.4. The van der Waals surface area contributed by atoms with E-state index in [1.54, 1.807) is 12.1 Å². The van der Waals surface area contributed by atoms with Crippen molar-refractivity contribution in [3.8, 4) is 11.5 Å². The van der Waals surface area contributed by atoms with E-state index in [4.69, 9.17) is 4.74 Å². The number of hydrogen-bond donors (Lipinski definition) is 2. The minimum Gasteiger partial charge on any atom is -0.508 e. The molecule has 2 N–H and O–H groups in total. The molecule has 3 aromatic carbocycles. The lowest BCUT2D eigenvalue weighted by atomic mass is 9.79. The second-order valence-corrected chi connectivity index (χ2v) is 9.32. The van der Waals surface area contributed by atoms with E-state index in [1.165, 1.54) is 37.9 Å². The van der Waals surface area contributed by atoms with Crippen LogP contribution in [-0.2, 0) is 6.42 Å². The van der Waals surface area contributed by atoms with E-state index >= 15 is 0 Å². The number of hydrogen-bond acceptors (Lipinski definition) is 4. The zero-order valence-electron chi connectivity index (χ0n) is 19.6. The van der Waals surface area contributed by atoms with Crippen LogP contribution in [0.4, 0.5) is 0 Å². The first kappa shape index (κ1) is 22.7. The van der Waals surface area contributed by atoms with Crippen molar-refractivity contribution in [3.05, 3.63) is 95.1 Å². The van der Waals surface area contributed by atoms with Gasteiger partial charge >= 0.3 is 0 Å². The van der Waals surface area contributed by atoms with Crippen molar-refractivity contribution in [2.75, 3.05) is 26.2 Å². The molecule has 1 atom stereocenters. The first-order valence-electron chi connectivity index (χ1n) is 12.4. The fraction of sp³-hybridized carbons (Fsp3) is 0.333. The lowest BCUT2D eigenvalue weighted by molar-refractivity contribution is 0.183. The molecule has 1 heterocycles. The van der Waals surface area contributed by atoms with Gasteiger partial charge in [0.2, 0.25) is 0 Å². The van der Waals surface area contributed by atoms with Crippen molar-refractivity contribution in [2.24, 2.45) is 0 Å². The summed E-state index contributed by atoms with van der Waals surface area (Å²) in [6, 6.07) is 23.5. The SMILES string of the molecule is Oc1cccc(C2=C(C(O)c3ccc(OCCN4CCCCC4)cc3)c3ccccc3CC2)c1. The highest BCUT2D eigenvalue weighted by Crippen LogP contribution is 2.44. The summed E-state index contributed by atoms with van der Waals surface area (Å²) in [6.45, 7) is 3.99. The Morgan fingerprint density at radius 1 is 0.853 bits per heavy atom. The van der Waals surface area contributed by atoms with Crippen LogP contribution in [0.25, 0.3) is 11.1 Å². The summed E-state index contributed by atoms with van der Waals surface area (Å²) in [6.07, 6.45) is 4.90. The van der Waals surface area contributed by atoms with Gasteiger partial charge in [0, 0.05) is 6.54 Å². The molecule has 1 fully saturated rings. The van der Waals surface area contributed by atoms with Gasteiger partial charge in [-0.2, -0.15) is 0 Å². The predicted molar refractivity (Wildman–Crippen MR) is 137 cm³/mol. The average Bonchev–Trinajstić information content (AvgIpc) is 2.88. The van der Waals surface area contributed by atoms with Gasteiger partial charge in [0.1, 0.15) is 24.2 Å². The summed E-state index contributed by atoms with van der Waals surface area (Å²) in [7, 11) is 0. The Kier molecular flexibility index (Phi) is 6.98. The highest BCUT2D eigenvalue weighted by Gasteiger charge is 2.26. The minimum absolute atomic E-state index is 0.240. The Balaban J connectivity index is 1.38. The lowest BCUT2D eigenvalue weighted by Crippen LogP contribution is -2.33. The molecule has 0 radical (unpaired) electrons. The first-order chi connectivity index (χ1) is 16.7. The van der Waals surface area contributed by atoms with Crippen LogP contribution in [0.15, 0.2) is 72.8 Å². The van der Waals surface area contributed by atoms with Gasteiger partial charge in [-0.1, -0.05) is 55.0 Å². The van der Waals surface area contributed by atoms with Crippen LogP contribution in [0.5, 0.6) is 11.5 Å². The second-order valence-electron chi connectivity index (χ2n) is 9.32. The molecule has 0 amide bonds. The third-order valence-electron chi connectivity index (χ3n) is 7.07. The van der Waals surface area contributed by atoms with Crippen molar-refractivity contribution in [1.82, 2.24) is 4.90 Å². The standard InChI is InChI=1S/C30H33NO3/c32-25-9-6-8-24(21-25)28-16-13-22-7-2-3-10-27(22)29(28)30(33)23-11-14-26(15-12-23)34-20-19-31-17-4-1-5-18-31/h2-3,6-12,14-15,21,30,32-33H,1,4-5,13,16-20H2. The zero-order chi connectivity index (χ0) is 23.3. The molecule has 0 spiro atoms. The van der Waals surface area contributed by atoms with Gasteiger partial charge < -0.3 is 14.9 Å². The molecule has 1 saturated heterocycles. The third kappa shape index (κ3) is 5.03. The summed E-state index contributed by atoms with van der Waals surface area (Å²) >= 11 is 0. The number of aryl methyl sites for hydroxylation is 1. The maximum atomic E-state index is 11.6.